The lowest BCUT2D eigenvalue weighted by atomic mass is 9.56. The molecule has 2 N–H and O–H groups in total. The molecule has 2 saturated carbocycles. The van der Waals surface area contributed by atoms with Gasteiger partial charge in [-0.1, -0.05) is 39.5 Å². The Balaban J connectivity index is 2.06. The Kier molecular flexibility index (Phi) is 4.18. The Bertz CT molecular complexity index is 242. The third kappa shape index (κ3) is 2.70. The summed E-state index contributed by atoms with van der Waals surface area (Å²) in [6, 6.07) is 0. The molecule has 1 heteroatoms. The first-order valence-electron chi connectivity index (χ1n) is 7.80. The lowest BCUT2D eigenvalue weighted by Gasteiger charge is -2.49. The lowest BCUT2D eigenvalue weighted by Crippen LogP contribution is -2.39. The van der Waals surface area contributed by atoms with E-state index in [1.807, 2.05) is 0 Å². The lowest BCUT2D eigenvalue weighted by molar-refractivity contribution is 0.0134. The van der Waals surface area contributed by atoms with Crippen molar-refractivity contribution in [3.05, 3.63) is 0 Å². The molecular formula is C16H31N. The molecule has 2 atom stereocenters. The van der Waals surface area contributed by atoms with Crippen molar-refractivity contribution < 1.29 is 0 Å². The van der Waals surface area contributed by atoms with Gasteiger partial charge in [0.15, 0.2) is 0 Å². The van der Waals surface area contributed by atoms with Gasteiger partial charge < -0.3 is 5.73 Å². The van der Waals surface area contributed by atoms with E-state index in [9.17, 15) is 0 Å². The summed E-state index contributed by atoms with van der Waals surface area (Å²) in [5, 5.41) is 0. The molecule has 0 heterocycles. The Morgan fingerprint density at radius 3 is 2.06 bits per heavy atom. The summed E-state index contributed by atoms with van der Waals surface area (Å²) >= 11 is 0. The van der Waals surface area contributed by atoms with Crippen LogP contribution in [0.3, 0.4) is 0 Å². The second-order valence-corrected chi connectivity index (χ2v) is 7.21. The molecule has 0 saturated heterocycles. The van der Waals surface area contributed by atoms with E-state index in [4.69, 9.17) is 5.73 Å². The molecule has 2 aliphatic rings. The van der Waals surface area contributed by atoms with Crippen molar-refractivity contribution >= 4 is 0 Å². The van der Waals surface area contributed by atoms with E-state index in [0.717, 1.165) is 12.5 Å². The predicted octanol–water partition coefficient (Wildman–Crippen LogP) is 4.50. The summed E-state index contributed by atoms with van der Waals surface area (Å²) in [7, 11) is 0. The quantitative estimate of drug-likeness (QED) is 0.703. The molecule has 2 rings (SSSR count). The third-order valence-electron chi connectivity index (χ3n) is 6.19. The van der Waals surface area contributed by atoms with Crippen LogP contribution in [0, 0.1) is 16.7 Å². The standard InChI is InChI=1S/C16H31N/c1-15(9-4-3-5-10-15)16(2)11-6-7-14(13-17)8-12-16/h14H,3-13,17H2,1-2H3. The van der Waals surface area contributed by atoms with Crippen LogP contribution in [0.5, 0.6) is 0 Å². The third-order valence-corrected chi connectivity index (χ3v) is 6.19. The molecule has 17 heavy (non-hydrogen) atoms. The van der Waals surface area contributed by atoms with Crippen LogP contribution in [0.4, 0.5) is 0 Å². The Labute approximate surface area is 108 Å². The van der Waals surface area contributed by atoms with E-state index in [2.05, 4.69) is 13.8 Å². The molecular weight excluding hydrogens is 206 g/mol. The molecule has 1 nitrogen and oxygen atoms in total. The average Bonchev–Trinajstić information content (AvgIpc) is 2.53. The molecule has 0 aromatic rings. The fourth-order valence-corrected chi connectivity index (χ4v) is 4.35. The minimum atomic E-state index is 0.595. The number of rotatable bonds is 2. The molecule has 0 aromatic heterocycles. The molecule has 2 unspecified atom stereocenters. The van der Waals surface area contributed by atoms with Crippen LogP contribution in [-0.4, -0.2) is 6.54 Å². The maximum atomic E-state index is 5.87. The number of hydrogen-bond donors (Lipinski definition) is 1. The van der Waals surface area contributed by atoms with Crippen LogP contribution in [0.1, 0.15) is 78.1 Å². The first-order chi connectivity index (χ1) is 8.10. The molecule has 0 aliphatic heterocycles. The fourth-order valence-electron chi connectivity index (χ4n) is 4.35. The minimum absolute atomic E-state index is 0.595. The summed E-state index contributed by atoms with van der Waals surface area (Å²) in [6.45, 7) is 6.07. The van der Waals surface area contributed by atoms with Crippen LogP contribution >= 0.6 is 0 Å². The highest BCUT2D eigenvalue weighted by molar-refractivity contribution is 4.95. The van der Waals surface area contributed by atoms with Crippen molar-refractivity contribution in [2.24, 2.45) is 22.5 Å². The first-order valence-corrected chi connectivity index (χ1v) is 7.80. The minimum Gasteiger partial charge on any atom is -0.330 e. The predicted molar refractivity (Wildman–Crippen MR) is 74.9 cm³/mol. The SMILES string of the molecule is CC1(C2(C)CCCC(CN)CC2)CCCCC1. The van der Waals surface area contributed by atoms with Crippen LogP contribution in [0.25, 0.3) is 0 Å². The zero-order valence-electron chi connectivity index (χ0n) is 11.9. The van der Waals surface area contributed by atoms with Crippen LogP contribution < -0.4 is 5.73 Å². The van der Waals surface area contributed by atoms with E-state index in [-0.39, 0.29) is 0 Å². The summed E-state index contributed by atoms with van der Waals surface area (Å²) in [5.41, 5.74) is 7.09. The summed E-state index contributed by atoms with van der Waals surface area (Å²) in [5.74, 6) is 0.809. The van der Waals surface area contributed by atoms with Crippen molar-refractivity contribution in [3.8, 4) is 0 Å². The first kappa shape index (κ1) is 13.4. The largest absolute Gasteiger partial charge is 0.330 e. The van der Waals surface area contributed by atoms with Gasteiger partial charge in [-0.2, -0.15) is 0 Å². The molecule has 2 aliphatic carbocycles. The van der Waals surface area contributed by atoms with Gasteiger partial charge in [0.25, 0.3) is 0 Å². The Hall–Kier alpha value is -0.0400. The smallest absolute Gasteiger partial charge is 0.00489 e. The van der Waals surface area contributed by atoms with Gasteiger partial charge in [-0.25, -0.2) is 0 Å². The van der Waals surface area contributed by atoms with Crippen molar-refractivity contribution in [2.45, 2.75) is 78.1 Å². The van der Waals surface area contributed by atoms with Gasteiger partial charge >= 0.3 is 0 Å². The zero-order chi connectivity index (χ0) is 12.4. The van der Waals surface area contributed by atoms with E-state index >= 15 is 0 Å². The van der Waals surface area contributed by atoms with Crippen LogP contribution in [0.2, 0.25) is 0 Å². The molecule has 0 spiro atoms. The second kappa shape index (κ2) is 5.30. The Morgan fingerprint density at radius 2 is 1.41 bits per heavy atom. The maximum Gasteiger partial charge on any atom is -0.00489 e. The highest BCUT2D eigenvalue weighted by Gasteiger charge is 2.44. The fraction of sp³-hybridized carbons (Fsp3) is 1.00. The van der Waals surface area contributed by atoms with Crippen LogP contribution in [0.15, 0.2) is 0 Å². The number of hydrogen-bond acceptors (Lipinski definition) is 1. The van der Waals surface area contributed by atoms with Gasteiger partial charge in [0.1, 0.15) is 0 Å². The van der Waals surface area contributed by atoms with Gasteiger partial charge in [-0.3, -0.25) is 0 Å². The van der Waals surface area contributed by atoms with E-state index < -0.39 is 0 Å². The van der Waals surface area contributed by atoms with Crippen LogP contribution in [-0.2, 0) is 0 Å². The normalized spacial score (nSPS) is 38.6. The number of nitrogens with two attached hydrogens (primary N) is 1. The van der Waals surface area contributed by atoms with Gasteiger partial charge in [-0.05, 0) is 61.8 Å². The molecule has 0 amide bonds. The maximum absolute atomic E-state index is 5.87. The summed E-state index contributed by atoms with van der Waals surface area (Å²) in [6.07, 6.45) is 14.4. The van der Waals surface area contributed by atoms with Gasteiger partial charge in [0, 0.05) is 0 Å². The van der Waals surface area contributed by atoms with E-state index in [1.165, 1.54) is 64.2 Å². The summed E-state index contributed by atoms with van der Waals surface area (Å²) < 4.78 is 0. The Morgan fingerprint density at radius 1 is 0.824 bits per heavy atom. The van der Waals surface area contributed by atoms with E-state index in [1.54, 1.807) is 0 Å². The topological polar surface area (TPSA) is 26.0 Å². The highest BCUT2D eigenvalue weighted by Crippen LogP contribution is 2.55. The molecule has 100 valence electrons. The average molecular weight is 237 g/mol. The highest BCUT2D eigenvalue weighted by atomic mass is 14.6. The second-order valence-electron chi connectivity index (χ2n) is 7.21. The van der Waals surface area contributed by atoms with Gasteiger partial charge in [0.2, 0.25) is 0 Å². The van der Waals surface area contributed by atoms with E-state index in [0.29, 0.717) is 10.8 Å². The molecule has 0 radical (unpaired) electrons. The molecule has 0 aromatic carbocycles. The summed E-state index contributed by atoms with van der Waals surface area (Å²) in [4.78, 5) is 0. The monoisotopic (exact) mass is 237 g/mol. The van der Waals surface area contributed by atoms with Gasteiger partial charge in [0.05, 0.1) is 0 Å². The van der Waals surface area contributed by atoms with Crippen molar-refractivity contribution in [2.75, 3.05) is 6.54 Å². The molecule has 0 bridgehead atoms. The van der Waals surface area contributed by atoms with Crippen molar-refractivity contribution in [3.63, 3.8) is 0 Å². The van der Waals surface area contributed by atoms with Crippen molar-refractivity contribution in [1.82, 2.24) is 0 Å². The van der Waals surface area contributed by atoms with Crippen molar-refractivity contribution in [1.29, 1.82) is 0 Å². The zero-order valence-corrected chi connectivity index (χ0v) is 11.9. The van der Waals surface area contributed by atoms with Gasteiger partial charge in [-0.15, -0.1) is 0 Å². The molecule has 2 fully saturated rings.